The number of halogens is 2. The van der Waals surface area contributed by atoms with Crippen molar-refractivity contribution in [2.75, 3.05) is 20.1 Å². The maximum Gasteiger partial charge on any atom is 0.316 e. The summed E-state index contributed by atoms with van der Waals surface area (Å²) in [5.74, 6) is 0.180. The lowest BCUT2D eigenvalue weighted by molar-refractivity contribution is -0.857. The molecule has 0 bridgehead atoms. The molecule has 1 aromatic rings. The van der Waals surface area contributed by atoms with E-state index in [-0.39, 0.29) is 11.4 Å². The number of likely N-dealkylation sites (N-methyl/N-ethyl adjacent to an activating group) is 1. The molecular formula is C18H27Cl2N2O+. The van der Waals surface area contributed by atoms with Crippen LogP contribution < -0.4 is 4.90 Å². The average molecular weight is 358 g/mol. The molecule has 0 radical (unpaired) electrons. The van der Waals surface area contributed by atoms with Gasteiger partial charge in [0.1, 0.15) is 5.54 Å². The van der Waals surface area contributed by atoms with Gasteiger partial charge in [0.25, 0.3) is 0 Å². The van der Waals surface area contributed by atoms with Crippen LogP contribution >= 0.6 is 23.2 Å². The van der Waals surface area contributed by atoms with E-state index in [0.29, 0.717) is 22.5 Å². The normalized spacial score (nSPS) is 18.9. The SMILES string of the molecule is C[C@@H](N1CCCC1)C(C)(C)[NH+](C)C(=O)Cc1ccc(Cl)c(Cl)c1. The van der Waals surface area contributed by atoms with Gasteiger partial charge in [-0.15, -0.1) is 0 Å². The molecule has 0 aromatic heterocycles. The second-order valence-electron chi connectivity index (χ2n) is 7.11. The minimum atomic E-state index is -0.141. The van der Waals surface area contributed by atoms with Crippen LogP contribution in [0.25, 0.3) is 0 Å². The van der Waals surface area contributed by atoms with Crippen LogP contribution in [0, 0.1) is 0 Å². The fourth-order valence-electron chi connectivity index (χ4n) is 3.23. The first-order valence-electron chi connectivity index (χ1n) is 8.28. The topological polar surface area (TPSA) is 24.8 Å². The number of quaternary nitrogens is 1. The Kier molecular flexibility index (Phi) is 6.12. The van der Waals surface area contributed by atoms with Crippen LogP contribution in [0.1, 0.15) is 39.2 Å². The number of rotatable bonds is 5. The van der Waals surface area contributed by atoms with Gasteiger partial charge in [-0.2, -0.15) is 0 Å². The van der Waals surface area contributed by atoms with Gasteiger partial charge in [0.15, 0.2) is 0 Å². The maximum atomic E-state index is 12.7. The van der Waals surface area contributed by atoms with E-state index in [0.717, 1.165) is 23.6 Å². The average Bonchev–Trinajstić information content (AvgIpc) is 3.03. The lowest BCUT2D eigenvalue weighted by atomic mass is 9.92. The Bertz CT molecular complexity index is 568. The number of benzene rings is 1. The predicted molar refractivity (Wildman–Crippen MR) is 96.4 cm³/mol. The number of likely N-dealkylation sites (tertiary alicyclic amines) is 1. The van der Waals surface area contributed by atoms with Crippen molar-refractivity contribution in [1.29, 1.82) is 0 Å². The Morgan fingerprint density at radius 3 is 2.43 bits per heavy atom. The van der Waals surface area contributed by atoms with E-state index in [1.54, 1.807) is 12.1 Å². The molecule has 0 aliphatic carbocycles. The zero-order valence-corrected chi connectivity index (χ0v) is 16.0. The highest BCUT2D eigenvalue weighted by molar-refractivity contribution is 6.42. The molecule has 3 nitrogen and oxygen atoms in total. The third-order valence-electron chi connectivity index (χ3n) is 5.47. The van der Waals surface area contributed by atoms with Gasteiger partial charge < -0.3 is 0 Å². The fraction of sp³-hybridized carbons (Fsp3) is 0.611. The zero-order chi connectivity index (χ0) is 17.2. The van der Waals surface area contributed by atoms with Crippen LogP contribution in [0.2, 0.25) is 10.0 Å². The Morgan fingerprint density at radius 1 is 1.26 bits per heavy atom. The number of hydrogen-bond donors (Lipinski definition) is 1. The van der Waals surface area contributed by atoms with Crippen molar-refractivity contribution in [3.63, 3.8) is 0 Å². The van der Waals surface area contributed by atoms with Crippen molar-refractivity contribution in [2.24, 2.45) is 0 Å². The van der Waals surface area contributed by atoms with Crippen molar-refractivity contribution in [1.82, 2.24) is 4.90 Å². The number of carbonyl (C=O) groups is 1. The zero-order valence-electron chi connectivity index (χ0n) is 14.5. The second kappa shape index (κ2) is 7.52. The fourth-order valence-corrected chi connectivity index (χ4v) is 3.55. The Hall–Kier alpha value is -0.610. The van der Waals surface area contributed by atoms with Crippen LogP contribution in [-0.2, 0) is 11.2 Å². The van der Waals surface area contributed by atoms with E-state index >= 15 is 0 Å². The van der Waals surface area contributed by atoms with Gasteiger partial charge in [-0.05, 0) is 64.4 Å². The summed E-state index contributed by atoms with van der Waals surface area (Å²) in [6, 6.07) is 5.77. The highest BCUT2D eigenvalue weighted by atomic mass is 35.5. The summed E-state index contributed by atoms with van der Waals surface area (Å²) in [7, 11) is 1.98. The van der Waals surface area contributed by atoms with Crippen molar-refractivity contribution in [3.8, 4) is 0 Å². The Morgan fingerprint density at radius 2 is 1.87 bits per heavy atom. The van der Waals surface area contributed by atoms with Crippen LogP contribution in [0.15, 0.2) is 18.2 Å². The lowest BCUT2D eigenvalue weighted by Crippen LogP contribution is -3.21. The molecule has 23 heavy (non-hydrogen) atoms. The van der Waals surface area contributed by atoms with E-state index < -0.39 is 0 Å². The molecule has 1 aromatic carbocycles. The quantitative estimate of drug-likeness (QED) is 0.876. The van der Waals surface area contributed by atoms with Crippen molar-refractivity contribution in [2.45, 2.75) is 51.6 Å². The largest absolute Gasteiger partial charge is 0.316 e. The molecule has 1 fully saturated rings. The molecule has 1 amide bonds. The van der Waals surface area contributed by atoms with Crippen LogP contribution in [0.4, 0.5) is 0 Å². The molecule has 1 aliphatic heterocycles. The van der Waals surface area contributed by atoms with E-state index in [1.165, 1.54) is 12.8 Å². The van der Waals surface area contributed by atoms with Gasteiger partial charge in [0.05, 0.1) is 29.6 Å². The first kappa shape index (κ1) is 18.7. The van der Waals surface area contributed by atoms with Crippen LogP contribution in [0.5, 0.6) is 0 Å². The molecule has 1 heterocycles. The van der Waals surface area contributed by atoms with E-state index in [9.17, 15) is 4.79 Å². The highest BCUT2D eigenvalue weighted by Gasteiger charge is 2.41. The third kappa shape index (κ3) is 4.27. The molecule has 0 saturated carbocycles. The number of hydrogen-bond acceptors (Lipinski definition) is 2. The standard InChI is InChI=1S/C18H26Cl2N2O/c1-13(22-9-5-6-10-22)18(2,3)21(4)17(23)12-14-7-8-15(19)16(20)11-14/h7-8,11,13H,5-6,9-10,12H2,1-4H3/p+1/t13-/m1/s1. The second-order valence-corrected chi connectivity index (χ2v) is 7.93. The van der Waals surface area contributed by atoms with Crippen LogP contribution in [-0.4, -0.2) is 42.5 Å². The molecule has 0 spiro atoms. The minimum absolute atomic E-state index is 0.141. The summed E-state index contributed by atoms with van der Waals surface area (Å²) in [4.78, 5) is 16.2. The molecule has 1 N–H and O–H groups in total. The molecule has 2 rings (SSSR count). The van der Waals surface area contributed by atoms with E-state index in [2.05, 4.69) is 25.7 Å². The smallest absolute Gasteiger partial charge is 0.295 e. The lowest BCUT2D eigenvalue weighted by Gasteiger charge is -2.40. The van der Waals surface area contributed by atoms with Crippen molar-refractivity contribution >= 4 is 29.1 Å². The van der Waals surface area contributed by atoms with Crippen molar-refractivity contribution in [3.05, 3.63) is 33.8 Å². The van der Waals surface area contributed by atoms with E-state index in [1.807, 2.05) is 13.1 Å². The number of nitrogens with one attached hydrogen (secondary N) is 1. The minimum Gasteiger partial charge on any atom is -0.295 e. The number of carbonyl (C=O) groups excluding carboxylic acids is 1. The molecule has 128 valence electrons. The molecule has 1 unspecified atom stereocenters. The summed E-state index contributed by atoms with van der Waals surface area (Å²) in [5, 5.41) is 1.02. The summed E-state index contributed by atoms with van der Waals surface area (Å²) in [5.41, 5.74) is 0.769. The molecule has 2 atom stereocenters. The first-order chi connectivity index (χ1) is 10.7. The summed E-state index contributed by atoms with van der Waals surface area (Å²) in [6.07, 6.45) is 2.90. The summed E-state index contributed by atoms with van der Waals surface area (Å²) >= 11 is 12.0. The molecule has 1 saturated heterocycles. The van der Waals surface area contributed by atoms with Gasteiger partial charge in [-0.25, -0.2) is 4.79 Å². The summed E-state index contributed by atoms with van der Waals surface area (Å²) < 4.78 is 0. The van der Waals surface area contributed by atoms with Crippen molar-refractivity contribution < 1.29 is 9.69 Å². The third-order valence-corrected chi connectivity index (χ3v) is 6.21. The van der Waals surface area contributed by atoms with Gasteiger partial charge in [-0.1, -0.05) is 29.3 Å². The molecular weight excluding hydrogens is 331 g/mol. The molecule has 5 heteroatoms. The summed E-state index contributed by atoms with van der Waals surface area (Å²) in [6.45, 7) is 8.87. The number of amides is 1. The molecule has 1 aliphatic rings. The van der Waals surface area contributed by atoms with E-state index in [4.69, 9.17) is 23.2 Å². The number of nitrogens with zero attached hydrogens (tertiary/aromatic N) is 1. The van der Waals surface area contributed by atoms with Gasteiger partial charge in [0, 0.05) is 0 Å². The van der Waals surface area contributed by atoms with Gasteiger partial charge in [-0.3, -0.25) is 9.80 Å². The first-order valence-corrected chi connectivity index (χ1v) is 9.04. The predicted octanol–water partition coefficient (Wildman–Crippen LogP) is 2.84. The van der Waals surface area contributed by atoms with Gasteiger partial charge >= 0.3 is 5.91 Å². The monoisotopic (exact) mass is 357 g/mol. The maximum absolute atomic E-state index is 12.7. The Labute approximate surface area is 149 Å². The highest BCUT2D eigenvalue weighted by Crippen LogP contribution is 2.23. The Balaban J connectivity index is 2.06. The van der Waals surface area contributed by atoms with Crippen LogP contribution in [0.3, 0.4) is 0 Å². The van der Waals surface area contributed by atoms with Gasteiger partial charge in [0.2, 0.25) is 0 Å².